The molecule has 126 valence electrons. The Morgan fingerprint density at radius 3 is 2.65 bits per heavy atom. The van der Waals surface area contributed by atoms with Gasteiger partial charge in [-0.15, -0.1) is 0 Å². The Hall–Kier alpha value is -3.07. The number of hydrogen-bond donors (Lipinski definition) is 0. The molecule has 6 rings (SSSR count). The van der Waals surface area contributed by atoms with E-state index in [4.69, 9.17) is 14.5 Å². The molecule has 1 aliphatic heterocycles. The molecule has 1 aliphatic carbocycles. The van der Waals surface area contributed by atoms with Gasteiger partial charge in [-0.3, -0.25) is 4.98 Å². The van der Waals surface area contributed by atoms with Crippen molar-refractivity contribution in [3.63, 3.8) is 0 Å². The Kier molecular flexibility index (Phi) is 2.83. The maximum absolute atomic E-state index is 5.52. The fraction of sp³-hybridized carbons (Fsp3) is 0.174. The Morgan fingerprint density at radius 1 is 0.846 bits per heavy atom. The molecule has 0 radical (unpaired) electrons. The molecule has 0 spiro atoms. The molecule has 3 aromatic carbocycles. The Morgan fingerprint density at radius 2 is 1.73 bits per heavy atom. The van der Waals surface area contributed by atoms with Gasteiger partial charge in [-0.2, -0.15) is 0 Å². The molecule has 0 fully saturated rings. The van der Waals surface area contributed by atoms with Gasteiger partial charge in [-0.25, -0.2) is 0 Å². The lowest BCUT2D eigenvalue weighted by Crippen LogP contribution is -2.15. The normalized spacial score (nSPS) is 14.5. The smallest absolute Gasteiger partial charge is 0.231 e. The molecule has 0 saturated carbocycles. The zero-order chi connectivity index (χ0) is 17.1. The summed E-state index contributed by atoms with van der Waals surface area (Å²) < 4.78 is 10.9. The van der Waals surface area contributed by atoms with Crippen LogP contribution in [-0.4, -0.2) is 11.8 Å². The van der Waals surface area contributed by atoms with Crippen LogP contribution in [0.25, 0.3) is 21.7 Å². The van der Waals surface area contributed by atoms with Crippen molar-refractivity contribution in [3.8, 4) is 11.5 Å². The van der Waals surface area contributed by atoms with Crippen molar-refractivity contribution < 1.29 is 9.47 Å². The summed E-state index contributed by atoms with van der Waals surface area (Å²) in [5.74, 6) is 1.67. The third kappa shape index (κ3) is 1.97. The number of hydrogen-bond acceptors (Lipinski definition) is 3. The quantitative estimate of drug-likeness (QED) is 0.491. The topological polar surface area (TPSA) is 31.4 Å². The highest BCUT2D eigenvalue weighted by Crippen LogP contribution is 2.38. The third-order valence-corrected chi connectivity index (χ3v) is 5.61. The summed E-state index contributed by atoms with van der Waals surface area (Å²) in [6.07, 6.45) is 3.11. The minimum Gasteiger partial charge on any atom is -0.454 e. The summed E-state index contributed by atoms with van der Waals surface area (Å²) >= 11 is 0. The van der Waals surface area contributed by atoms with Crippen molar-refractivity contribution in [2.75, 3.05) is 6.79 Å². The first-order valence-electron chi connectivity index (χ1n) is 9.07. The highest BCUT2D eigenvalue weighted by Gasteiger charge is 2.23. The summed E-state index contributed by atoms with van der Waals surface area (Å²) in [7, 11) is 0. The number of ether oxygens (including phenoxy) is 2. The second-order valence-electron chi connectivity index (χ2n) is 7.06. The van der Waals surface area contributed by atoms with Gasteiger partial charge in [-0.05, 0) is 58.5 Å². The molecule has 0 amide bonds. The number of nitrogens with zero attached hydrogens (tertiary/aromatic N) is 1. The predicted octanol–water partition coefficient (Wildman–Crippen LogP) is 4.81. The van der Waals surface area contributed by atoms with E-state index in [0.717, 1.165) is 36.3 Å². The van der Waals surface area contributed by atoms with E-state index in [1.165, 1.54) is 38.5 Å². The molecular formula is C23H17NO2. The van der Waals surface area contributed by atoms with Crippen LogP contribution in [-0.2, 0) is 19.3 Å². The first-order chi connectivity index (χ1) is 12.9. The van der Waals surface area contributed by atoms with Gasteiger partial charge >= 0.3 is 0 Å². The molecule has 0 N–H and O–H groups in total. The van der Waals surface area contributed by atoms with E-state index in [0.29, 0.717) is 6.79 Å². The fourth-order valence-electron chi connectivity index (χ4n) is 4.24. The zero-order valence-electron chi connectivity index (χ0n) is 14.3. The summed E-state index contributed by atoms with van der Waals surface area (Å²) in [4.78, 5) is 5.05. The molecule has 3 heteroatoms. The number of aryl methyl sites for hydroxylation is 1. The fourth-order valence-corrected chi connectivity index (χ4v) is 4.24. The first-order valence-corrected chi connectivity index (χ1v) is 9.07. The van der Waals surface area contributed by atoms with Crippen LogP contribution in [0.3, 0.4) is 0 Å². The highest BCUT2D eigenvalue weighted by molar-refractivity contribution is 6.08. The second kappa shape index (κ2) is 5.21. The van der Waals surface area contributed by atoms with Crippen LogP contribution < -0.4 is 9.47 Å². The third-order valence-electron chi connectivity index (χ3n) is 5.61. The van der Waals surface area contributed by atoms with Crippen LogP contribution in [0.4, 0.5) is 0 Å². The van der Waals surface area contributed by atoms with Gasteiger partial charge in [0.05, 0.1) is 5.52 Å². The van der Waals surface area contributed by atoms with E-state index < -0.39 is 0 Å². The molecule has 1 aromatic heterocycles. The summed E-state index contributed by atoms with van der Waals surface area (Å²) in [5.41, 5.74) is 6.45. The molecule has 0 atom stereocenters. The van der Waals surface area contributed by atoms with Crippen molar-refractivity contribution in [2.45, 2.75) is 19.3 Å². The largest absolute Gasteiger partial charge is 0.454 e. The van der Waals surface area contributed by atoms with Gasteiger partial charge in [0.1, 0.15) is 0 Å². The second-order valence-corrected chi connectivity index (χ2v) is 7.06. The molecule has 0 bridgehead atoms. The van der Waals surface area contributed by atoms with E-state index in [1.807, 2.05) is 6.07 Å². The number of pyridine rings is 1. The van der Waals surface area contributed by atoms with Crippen molar-refractivity contribution in [2.24, 2.45) is 0 Å². The number of rotatable bonds is 2. The average Bonchev–Trinajstić information content (AvgIpc) is 3.09. The predicted molar refractivity (Wildman–Crippen MR) is 102 cm³/mol. The molecule has 2 aliphatic rings. The van der Waals surface area contributed by atoms with Crippen LogP contribution in [0, 0.1) is 0 Å². The van der Waals surface area contributed by atoms with E-state index in [1.54, 1.807) is 0 Å². The Labute approximate surface area is 151 Å². The van der Waals surface area contributed by atoms with Crippen LogP contribution in [0.15, 0.2) is 54.6 Å². The SMILES string of the molecule is c1ccc2c(c1)ccc1nc(Cc3ccc4c(c3)OCO4)c3c(c12)CC3. The van der Waals surface area contributed by atoms with Crippen LogP contribution >= 0.6 is 0 Å². The van der Waals surface area contributed by atoms with Gasteiger partial charge in [0.15, 0.2) is 11.5 Å². The van der Waals surface area contributed by atoms with Crippen molar-refractivity contribution in [1.29, 1.82) is 0 Å². The summed E-state index contributed by atoms with van der Waals surface area (Å²) in [6.45, 7) is 0.315. The van der Waals surface area contributed by atoms with Gasteiger partial charge in [-0.1, -0.05) is 36.4 Å². The number of aromatic nitrogens is 1. The van der Waals surface area contributed by atoms with Gasteiger partial charge < -0.3 is 9.47 Å². The van der Waals surface area contributed by atoms with Crippen molar-refractivity contribution in [3.05, 3.63) is 77.0 Å². The maximum atomic E-state index is 5.52. The minimum atomic E-state index is 0.315. The monoisotopic (exact) mass is 339 g/mol. The van der Waals surface area contributed by atoms with Crippen LogP contribution in [0.2, 0.25) is 0 Å². The summed E-state index contributed by atoms with van der Waals surface area (Å²) in [6, 6.07) is 19.2. The summed E-state index contributed by atoms with van der Waals surface area (Å²) in [5, 5.41) is 3.96. The number of fused-ring (bicyclic) bond motifs is 6. The molecule has 26 heavy (non-hydrogen) atoms. The Bertz CT molecular complexity index is 1200. The number of benzene rings is 3. The maximum Gasteiger partial charge on any atom is 0.231 e. The Balaban J connectivity index is 1.50. The standard InChI is InChI=1S/C23H17NO2/c1-2-4-16-15(3-1)6-9-19-23(16)18-8-7-17(18)20(24-19)11-14-5-10-21-22(12-14)26-13-25-21/h1-6,9-10,12H,7-8,11,13H2. The van der Waals surface area contributed by atoms with Crippen LogP contribution in [0.1, 0.15) is 22.4 Å². The highest BCUT2D eigenvalue weighted by atomic mass is 16.7. The van der Waals surface area contributed by atoms with Gasteiger partial charge in [0, 0.05) is 17.5 Å². The molecule has 0 saturated heterocycles. The molecule has 0 unspecified atom stereocenters. The molecule has 3 nitrogen and oxygen atoms in total. The molecule has 2 heterocycles. The van der Waals surface area contributed by atoms with E-state index in [-0.39, 0.29) is 0 Å². The van der Waals surface area contributed by atoms with Crippen LogP contribution in [0.5, 0.6) is 11.5 Å². The van der Waals surface area contributed by atoms with Gasteiger partial charge in [0.25, 0.3) is 0 Å². The van der Waals surface area contributed by atoms with E-state index in [9.17, 15) is 0 Å². The zero-order valence-corrected chi connectivity index (χ0v) is 14.3. The first kappa shape index (κ1) is 14.1. The minimum absolute atomic E-state index is 0.315. The molecule has 4 aromatic rings. The van der Waals surface area contributed by atoms with E-state index >= 15 is 0 Å². The van der Waals surface area contributed by atoms with Crippen molar-refractivity contribution >= 4 is 21.7 Å². The molecular weight excluding hydrogens is 322 g/mol. The van der Waals surface area contributed by atoms with Crippen molar-refractivity contribution in [1.82, 2.24) is 4.98 Å². The lowest BCUT2D eigenvalue weighted by atomic mass is 9.82. The average molecular weight is 339 g/mol. The lowest BCUT2D eigenvalue weighted by molar-refractivity contribution is 0.174. The van der Waals surface area contributed by atoms with Gasteiger partial charge in [0.2, 0.25) is 6.79 Å². The van der Waals surface area contributed by atoms with E-state index in [2.05, 4.69) is 48.5 Å². The lowest BCUT2D eigenvalue weighted by Gasteiger charge is -2.25.